The third kappa shape index (κ3) is 4.26. The highest BCUT2D eigenvalue weighted by Gasteiger charge is 2.34. The van der Waals surface area contributed by atoms with Crippen molar-refractivity contribution in [2.24, 2.45) is 0 Å². The van der Waals surface area contributed by atoms with E-state index in [0.717, 1.165) is 5.56 Å². The summed E-state index contributed by atoms with van der Waals surface area (Å²) >= 11 is 0. The van der Waals surface area contributed by atoms with E-state index in [2.05, 4.69) is 0 Å². The number of aryl methyl sites for hydroxylation is 1. The van der Waals surface area contributed by atoms with Gasteiger partial charge in [-0.1, -0.05) is 29.8 Å². The zero-order valence-electron chi connectivity index (χ0n) is 15.1. The minimum Gasteiger partial charge on any atom is -0.274 e. The molecule has 0 saturated heterocycles. The van der Waals surface area contributed by atoms with E-state index >= 15 is 0 Å². The van der Waals surface area contributed by atoms with E-state index in [1.54, 1.807) is 36.4 Å². The number of imide groups is 1. The van der Waals surface area contributed by atoms with Gasteiger partial charge in [0.15, 0.2) is 0 Å². The standard InChI is InChI=1S/C20H21NO5S/c1-15-9-11-16(12-10-15)27(24,25)26-14-6-2-5-13-21-19(22)17-7-3-4-8-18(17)20(21)23/h3-4,7-12H,2,5-6,13-14H2,1H3. The van der Waals surface area contributed by atoms with Gasteiger partial charge < -0.3 is 0 Å². The third-order valence-corrected chi connectivity index (χ3v) is 5.78. The maximum atomic E-state index is 12.2. The topological polar surface area (TPSA) is 80.8 Å². The maximum Gasteiger partial charge on any atom is 0.296 e. The zero-order chi connectivity index (χ0) is 19.4. The molecule has 3 rings (SSSR count). The molecular formula is C20H21NO5S. The Hall–Kier alpha value is -2.51. The summed E-state index contributed by atoms with van der Waals surface area (Å²) in [6, 6.07) is 13.3. The van der Waals surface area contributed by atoms with Gasteiger partial charge >= 0.3 is 0 Å². The minimum atomic E-state index is -3.75. The van der Waals surface area contributed by atoms with E-state index in [1.807, 2.05) is 6.92 Å². The van der Waals surface area contributed by atoms with Crippen molar-refractivity contribution in [1.82, 2.24) is 4.90 Å². The van der Waals surface area contributed by atoms with Crippen LogP contribution in [0, 0.1) is 6.92 Å². The van der Waals surface area contributed by atoms with Gasteiger partial charge in [-0.3, -0.25) is 18.7 Å². The van der Waals surface area contributed by atoms with Crippen molar-refractivity contribution in [2.75, 3.05) is 13.2 Å². The number of carbonyl (C=O) groups is 2. The maximum absolute atomic E-state index is 12.2. The number of hydrogen-bond donors (Lipinski definition) is 0. The molecular weight excluding hydrogens is 366 g/mol. The van der Waals surface area contributed by atoms with Gasteiger partial charge in [0.2, 0.25) is 0 Å². The van der Waals surface area contributed by atoms with Crippen LogP contribution in [-0.4, -0.2) is 38.3 Å². The molecule has 7 heteroatoms. The quantitative estimate of drug-likeness (QED) is 0.395. The van der Waals surface area contributed by atoms with Crippen molar-refractivity contribution in [1.29, 1.82) is 0 Å². The fourth-order valence-electron chi connectivity index (χ4n) is 2.93. The van der Waals surface area contributed by atoms with E-state index in [-0.39, 0.29) is 23.3 Å². The second kappa shape index (κ2) is 8.02. The summed E-state index contributed by atoms with van der Waals surface area (Å²) in [5.41, 5.74) is 1.85. The van der Waals surface area contributed by atoms with Gasteiger partial charge in [0.05, 0.1) is 22.6 Å². The highest BCUT2D eigenvalue weighted by Crippen LogP contribution is 2.22. The van der Waals surface area contributed by atoms with Gasteiger partial charge in [0, 0.05) is 6.54 Å². The number of amides is 2. The Morgan fingerprint density at radius 2 is 1.44 bits per heavy atom. The predicted molar refractivity (Wildman–Crippen MR) is 100.0 cm³/mol. The van der Waals surface area contributed by atoms with Crippen LogP contribution in [0.15, 0.2) is 53.4 Å². The molecule has 0 radical (unpaired) electrons. The Labute approximate surface area is 158 Å². The number of unbranched alkanes of at least 4 members (excludes halogenated alkanes) is 2. The Morgan fingerprint density at radius 3 is 2.04 bits per heavy atom. The first-order valence-electron chi connectivity index (χ1n) is 8.81. The Kier molecular flexibility index (Phi) is 5.72. The Morgan fingerprint density at radius 1 is 0.852 bits per heavy atom. The number of hydrogen-bond acceptors (Lipinski definition) is 5. The Balaban J connectivity index is 1.42. The summed E-state index contributed by atoms with van der Waals surface area (Å²) in [5.74, 6) is -0.539. The lowest BCUT2D eigenvalue weighted by atomic mass is 10.1. The average Bonchev–Trinajstić information content (AvgIpc) is 2.90. The molecule has 142 valence electrons. The molecule has 0 fully saturated rings. The highest BCUT2D eigenvalue weighted by atomic mass is 32.2. The van der Waals surface area contributed by atoms with Gasteiger partial charge in [-0.05, 0) is 50.5 Å². The number of benzene rings is 2. The van der Waals surface area contributed by atoms with E-state index in [1.165, 1.54) is 17.0 Å². The van der Waals surface area contributed by atoms with E-state index in [4.69, 9.17) is 4.18 Å². The van der Waals surface area contributed by atoms with E-state index in [9.17, 15) is 18.0 Å². The molecule has 2 aromatic carbocycles. The molecule has 0 aromatic heterocycles. The Bertz CT molecular complexity index is 916. The largest absolute Gasteiger partial charge is 0.296 e. The molecule has 0 bridgehead atoms. The van der Waals surface area contributed by atoms with Crippen molar-refractivity contribution in [3.05, 3.63) is 65.2 Å². The summed E-state index contributed by atoms with van der Waals surface area (Å²) in [5, 5.41) is 0. The molecule has 1 aliphatic heterocycles. The van der Waals surface area contributed by atoms with Crippen molar-refractivity contribution in [3.8, 4) is 0 Å². The van der Waals surface area contributed by atoms with Gasteiger partial charge in [0.25, 0.3) is 21.9 Å². The van der Waals surface area contributed by atoms with Crippen LogP contribution in [-0.2, 0) is 14.3 Å². The molecule has 0 aliphatic carbocycles. The van der Waals surface area contributed by atoms with Gasteiger partial charge in [0.1, 0.15) is 0 Å². The molecule has 0 N–H and O–H groups in total. The van der Waals surface area contributed by atoms with Gasteiger partial charge in [-0.15, -0.1) is 0 Å². The van der Waals surface area contributed by atoms with Crippen LogP contribution in [0.25, 0.3) is 0 Å². The second-order valence-corrected chi connectivity index (χ2v) is 8.07. The first-order valence-corrected chi connectivity index (χ1v) is 10.2. The van der Waals surface area contributed by atoms with Crippen LogP contribution >= 0.6 is 0 Å². The van der Waals surface area contributed by atoms with Gasteiger partial charge in [-0.25, -0.2) is 0 Å². The van der Waals surface area contributed by atoms with Crippen molar-refractivity contribution >= 4 is 21.9 Å². The highest BCUT2D eigenvalue weighted by molar-refractivity contribution is 7.86. The number of carbonyl (C=O) groups excluding carboxylic acids is 2. The normalized spacial score (nSPS) is 13.9. The van der Waals surface area contributed by atoms with Crippen LogP contribution < -0.4 is 0 Å². The fourth-order valence-corrected chi connectivity index (χ4v) is 3.88. The van der Waals surface area contributed by atoms with Crippen LogP contribution in [0.4, 0.5) is 0 Å². The number of nitrogens with zero attached hydrogens (tertiary/aromatic N) is 1. The molecule has 0 atom stereocenters. The average molecular weight is 387 g/mol. The third-order valence-electron chi connectivity index (χ3n) is 4.45. The fraction of sp³-hybridized carbons (Fsp3) is 0.300. The van der Waals surface area contributed by atoms with Gasteiger partial charge in [-0.2, -0.15) is 8.42 Å². The minimum absolute atomic E-state index is 0.0678. The summed E-state index contributed by atoms with van der Waals surface area (Å²) < 4.78 is 29.2. The second-order valence-electron chi connectivity index (χ2n) is 6.46. The van der Waals surface area contributed by atoms with E-state index < -0.39 is 10.1 Å². The monoisotopic (exact) mass is 387 g/mol. The molecule has 0 unspecified atom stereocenters. The lowest BCUT2D eigenvalue weighted by molar-refractivity contribution is 0.0651. The predicted octanol–water partition coefficient (Wildman–Crippen LogP) is 3.17. The lowest BCUT2D eigenvalue weighted by Gasteiger charge is -2.13. The van der Waals surface area contributed by atoms with Crippen molar-refractivity contribution < 1.29 is 22.2 Å². The smallest absolute Gasteiger partial charge is 0.274 e. The van der Waals surface area contributed by atoms with Crippen LogP contribution in [0.3, 0.4) is 0 Å². The van der Waals surface area contributed by atoms with Crippen LogP contribution in [0.5, 0.6) is 0 Å². The van der Waals surface area contributed by atoms with Crippen molar-refractivity contribution in [3.63, 3.8) is 0 Å². The number of rotatable bonds is 8. The molecule has 0 saturated carbocycles. The van der Waals surface area contributed by atoms with Crippen LogP contribution in [0.2, 0.25) is 0 Å². The lowest BCUT2D eigenvalue weighted by Crippen LogP contribution is -2.30. The zero-order valence-corrected chi connectivity index (χ0v) is 15.9. The summed E-state index contributed by atoms with van der Waals surface area (Å²) in [6.07, 6.45) is 1.77. The first kappa shape index (κ1) is 19.3. The van der Waals surface area contributed by atoms with Crippen LogP contribution in [0.1, 0.15) is 45.5 Å². The molecule has 1 heterocycles. The molecule has 0 spiro atoms. The van der Waals surface area contributed by atoms with Crippen molar-refractivity contribution in [2.45, 2.75) is 31.1 Å². The molecule has 6 nitrogen and oxygen atoms in total. The molecule has 2 aromatic rings. The molecule has 27 heavy (non-hydrogen) atoms. The number of fused-ring (bicyclic) bond motifs is 1. The summed E-state index contributed by atoms with van der Waals surface area (Å²) in [4.78, 5) is 25.9. The SMILES string of the molecule is Cc1ccc(S(=O)(=O)OCCCCCN2C(=O)c3ccccc3C2=O)cc1. The first-order chi connectivity index (χ1) is 12.9. The summed E-state index contributed by atoms with van der Waals surface area (Å²) in [7, 11) is -3.75. The molecule has 1 aliphatic rings. The molecule has 2 amide bonds. The summed E-state index contributed by atoms with van der Waals surface area (Å²) in [6.45, 7) is 2.26. The van der Waals surface area contributed by atoms with E-state index in [0.29, 0.717) is 36.9 Å².